The summed E-state index contributed by atoms with van der Waals surface area (Å²) in [4.78, 5) is 2.64. The quantitative estimate of drug-likeness (QED) is 0.895. The summed E-state index contributed by atoms with van der Waals surface area (Å²) in [6.07, 6.45) is 5.42. The highest BCUT2D eigenvalue weighted by molar-refractivity contribution is 5.56. The van der Waals surface area contributed by atoms with Crippen LogP contribution in [0.4, 0.5) is 5.69 Å². The Bertz CT molecular complexity index is 464. The van der Waals surface area contributed by atoms with Crippen molar-refractivity contribution in [1.29, 1.82) is 0 Å². The summed E-state index contributed by atoms with van der Waals surface area (Å²) in [6, 6.07) is 8.43. The van der Waals surface area contributed by atoms with Crippen molar-refractivity contribution in [3.05, 3.63) is 29.3 Å². The molecule has 1 saturated heterocycles. The van der Waals surface area contributed by atoms with Gasteiger partial charge in [-0.25, -0.2) is 0 Å². The van der Waals surface area contributed by atoms with Crippen molar-refractivity contribution in [2.24, 2.45) is 5.92 Å². The minimum atomic E-state index is 0.675. The minimum absolute atomic E-state index is 0.675. The number of benzene rings is 1. The van der Waals surface area contributed by atoms with Gasteiger partial charge in [0.25, 0.3) is 0 Å². The molecule has 110 valence electrons. The first-order chi connectivity index (χ1) is 9.63. The third-order valence-corrected chi connectivity index (χ3v) is 4.82. The first-order valence-electron chi connectivity index (χ1n) is 8.23. The van der Waals surface area contributed by atoms with Gasteiger partial charge in [0.05, 0.1) is 0 Å². The maximum atomic E-state index is 3.68. The van der Waals surface area contributed by atoms with Crippen LogP contribution in [-0.4, -0.2) is 18.6 Å². The van der Waals surface area contributed by atoms with Crippen LogP contribution in [0, 0.1) is 12.8 Å². The van der Waals surface area contributed by atoms with E-state index in [9.17, 15) is 0 Å². The molecule has 20 heavy (non-hydrogen) atoms. The van der Waals surface area contributed by atoms with Gasteiger partial charge in [0.1, 0.15) is 0 Å². The molecule has 2 unspecified atom stereocenters. The van der Waals surface area contributed by atoms with Gasteiger partial charge in [-0.3, -0.25) is 0 Å². The van der Waals surface area contributed by atoms with E-state index in [0.717, 1.165) is 18.5 Å². The summed E-state index contributed by atoms with van der Waals surface area (Å²) >= 11 is 0. The lowest BCUT2D eigenvalue weighted by Crippen LogP contribution is -2.41. The Morgan fingerprint density at radius 3 is 2.70 bits per heavy atom. The third kappa shape index (κ3) is 3.17. The summed E-state index contributed by atoms with van der Waals surface area (Å²) in [6.45, 7) is 9.20. The fraction of sp³-hybridized carbons (Fsp3) is 0.667. The number of rotatable bonds is 4. The predicted molar refractivity (Wildman–Crippen MR) is 86.2 cm³/mol. The van der Waals surface area contributed by atoms with Crippen LogP contribution in [-0.2, 0) is 6.54 Å². The van der Waals surface area contributed by atoms with E-state index in [4.69, 9.17) is 0 Å². The second-order valence-corrected chi connectivity index (χ2v) is 6.97. The molecule has 1 heterocycles. The van der Waals surface area contributed by atoms with Gasteiger partial charge >= 0.3 is 0 Å². The Labute approximate surface area is 123 Å². The lowest BCUT2D eigenvalue weighted by molar-refractivity contribution is 0.389. The molecule has 2 heteroatoms. The molecule has 3 rings (SSSR count). The summed E-state index contributed by atoms with van der Waals surface area (Å²) in [5.41, 5.74) is 4.32. The molecular weight excluding hydrogens is 244 g/mol. The molecule has 2 nitrogen and oxygen atoms in total. The van der Waals surface area contributed by atoms with Crippen molar-refractivity contribution in [2.75, 3.05) is 11.4 Å². The number of hydrogen-bond donors (Lipinski definition) is 1. The normalized spacial score (nSPS) is 26.9. The fourth-order valence-electron chi connectivity index (χ4n) is 3.30. The molecule has 0 spiro atoms. The molecule has 0 radical (unpaired) electrons. The fourth-order valence-corrected chi connectivity index (χ4v) is 3.30. The van der Waals surface area contributed by atoms with Crippen LogP contribution < -0.4 is 10.2 Å². The smallest absolute Gasteiger partial charge is 0.0414 e. The molecule has 0 aromatic heterocycles. The van der Waals surface area contributed by atoms with E-state index in [1.807, 2.05) is 0 Å². The Morgan fingerprint density at radius 2 is 1.95 bits per heavy atom. The van der Waals surface area contributed by atoms with Gasteiger partial charge in [-0.05, 0) is 57.1 Å². The second-order valence-electron chi connectivity index (χ2n) is 6.97. The van der Waals surface area contributed by atoms with Crippen LogP contribution in [0.5, 0.6) is 0 Å². The van der Waals surface area contributed by atoms with E-state index >= 15 is 0 Å². The lowest BCUT2D eigenvalue weighted by atomic mass is 9.93. The van der Waals surface area contributed by atoms with Crippen molar-refractivity contribution in [2.45, 2.75) is 65.1 Å². The summed E-state index contributed by atoms with van der Waals surface area (Å²) in [5.74, 6) is 0.816. The Kier molecular flexibility index (Phi) is 4.02. The molecule has 0 bridgehead atoms. The molecule has 0 amide bonds. The Morgan fingerprint density at radius 1 is 1.15 bits per heavy atom. The van der Waals surface area contributed by atoms with Crippen molar-refractivity contribution in [3.63, 3.8) is 0 Å². The summed E-state index contributed by atoms with van der Waals surface area (Å²) in [7, 11) is 0. The number of piperidine rings is 1. The Balaban J connectivity index is 1.82. The molecule has 2 atom stereocenters. The number of aryl methyl sites for hydroxylation is 1. The number of anilines is 1. The molecule has 1 aromatic rings. The zero-order valence-corrected chi connectivity index (χ0v) is 13.2. The van der Waals surface area contributed by atoms with E-state index in [2.05, 4.69) is 49.2 Å². The molecular formula is C18H28N2. The SMILES string of the molecule is Cc1ccc(N2CC(C)CCC2C)c(CNC2CC2)c1. The summed E-state index contributed by atoms with van der Waals surface area (Å²) < 4.78 is 0. The van der Waals surface area contributed by atoms with Crippen molar-refractivity contribution in [1.82, 2.24) is 5.32 Å². The van der Waals surface area contributed by atoms with E-state index in [-0.39, 0.29) is 0 Å². The zero-order chi connectivity index (χ0) is 14.1. The van der Waals surface area contributed by atoms with E-state index in [1.165, 1.54) is 49.0 Å². The van der Waals surface area contributed by atoms with Crippen LogP contribution in [0.25, 0.3) is 0 Å². The average molecular weight is 272 g/mol. The summed E-state index contributed by atoms with van der Waals surface area (Å²) in [5, 5.41) is 3.68. The van der Waals surface area contributed by atoms with E-state index in [0.29, 0.717) is 6.04 Å². The monoisotopic (exact) mass is 272 g/mol. The average Bonchev–Trinajstić information content (AvgIpc) is 3.24. The highest BCUT2D eigenvalue weighted by Crippen LogP contribution is 2.31. The largest absolute Gasteiger partial charge is 0.368 e. The number of nitrogens with one attached hydrogen (secondary N) is 1. The molecule has 1 N–H and O–H groups in total. The maximum absolute atomic E-state index is 3.68. The van der Waals surface area contributed by atoms with Gasteiger partial charge in [-0.2, -0.15) is 0 Å². The molecule has 1 aromatic carbocycles. The highest BCUT2D eigenvalue weighted by Gasteiger charge is 2.25. The lowest BCUT2D eigenvalue weighted by Gasteiger charge is -2.39. The van der Waals surface area contributed by atoms with Crippen LogP contribution in [0.3, 0.4) is 0 Å². The maximum Gasteiger partial charge on any atom is 0.0414 e. The minimum Gasteiger partial charge on any atom is -0.368 e. The molecule has 2 aliphatic rings. The van der Waals surface area contributed by atoms with Crippen LogP contribution in [0.2, 0.25) is 0 Å². The van der Waals surface area contributed by atoms with Gasteiger partial charge in [0.15, 0.2) is 0 Å². The first kappa shape index (κ1) is 13.9. The Hall–Kier alpha value is -1.02. The third-order valence-electron chi connectivity index (χ3n) is 4.82. The molecule has 1 saturated carbocycles. The number of nitrogens with zero attached hydrogens (tertiary/aromatic N) is 1. The predicted octanol–water partition coefficient (Wildman–Crippen LogP) is 3.87. The highest BCUT2D eigenvalue weighted by atomic mass is 15.2. The van der Waals surface area contributed by atoms with Gasteiger partial charge in [-0.15, -0.1) is 0 Å². The molecule has 1 aliphatic carbocycles. The van der Waals surface area contributed by atoms with Crippen LogP contribution in [0.15, 0.2) is 18.2 Å². The van der Waals surface area contributed by atoms with Crippen LogP contribution in [0.1, 0.15) is 50.7 Å². The van der Waals surface area contributed by atoms with Crippen molar-refractivity contribution in [3.8, 4) is 0 Å². The first-order valence-corrected chi connectivity index (χ1v) is 8.23. The van der Waals surface area contributed by atoms with E-state index in [1.54, 1.807) is 0 Å². The van der Waals surface area contributed by atoms with E-state index < -0.39 is 0 Å². The van der Waals surface area contributed by atoms with Crippen molar-refractivity contribution < 1.29 is 0 Å². The van der Waals surface area contributed by atoms with Gasteiger partial charge in [-0.1, -0.05) is 24.6 Å². The second kappa shape index (κ2) is 5.77. The van der Waals surface area contributed by atoms with Gasteiger partial charge < -0.3 is 10.2 Å². The number of hydrogen-bond acceptors (Lipinski definition) is 2. The van der Waals surface area contributed by atoms with Crippen molar-refractivity contribution >= 4 is 5.69 Å². The van der Waals surface area contributed by atoms with Gasteiger partial charge in [0.2, 0.25) is 0 Å². The van der Waals surface area contributed by atoms with Gasteiger partial charge in [0, 0.05) is 30.9 Å². The standard InChI is InChI=1S/C18H28N2/c1-13-5-9-18(16(10-13)11-19-17-7-8-17)20-12-14(2)4-6-15(20)3/h5,9-10,14-15,17,19H,4,6-8,11-12H2,1-3H3. The molecule has 2 fully saturated rings. The van der Waals surface area contributed by atoms with Crippen LogP contribution >= 0.6 is 0 Å². The molecule has 1 aliphatic heterocycles. The zero-order valence-electron chi connectivity index (χ0n) is 13.2. The topological polar surface area (TPSA) is 15.3 Å².